The van der Waals surface area contributed by atoms with Gasteiger partial charge in [0, 0.05) is 28.6 Å². The van der Waals surface area contributed by atoms with E-state index >= 15 is 0 Å². The molecule has 1 aromatic heterocycles. The van der Waals surface area contributed by atoms with Crippen LogP contribution in [0.5, 0.6) is 5.75 Å². The van der Waals surface area contributed by atoms with Gasteiger partial charge in [0.1, 0.15) is 5.75 Å². The smallest absolute Gasteiger partial charge is 0.271 e. The number of benzene rings is 1. The predicted octanol–water partition coefficient (Wildman–Crippen LogP) is 5.91. The Balaban J connectivity index is 1.72. The Bertz CT molecular complexity index is 876. The number of carbonyl (C=O) groups excluding carboxylic acids is 1. The number of aryl methyl sites for hydroxylation is 1. The van der Waals surface area contributed by atoms with Crippen LogP contribution in [0.25, 0.3) is 0 Å². The minimum Gasteiger partial charge on any atom is -0.494 e. The minimum absolute atomic E-state index is 0.276. The first-order chi connectivity index (χ1) is 13.4. The average Bonchev–Trinajstić information content (AvgIpc) is 2.95. The van der Waals surface area contributed by atoms with Gasteiger partial charge in [0.2, 0.25) is 0 Å². The summed E-state index contributed by atoms with van der Waals surface area (Å²) in [5.41, 5.74) is 6.60. The predicted molar refractivity (Wildman–Crippen MR) is 119 cm³/mol. The zero-order valence-corrected chi connectivity index (χ0v) is 19.6. The van der Waals surface area contributed by atoms with E-state index in [2.05, 4.69) is 66.9 Å². The lowest BCUT2D eigenvalue weighted by Crippen LogP contribution is -2.18. The summed E-state index contributed by atoms with van der Waals surface area (Å²) in [6, 6.07) is 6.15. The van der Waals surface area contributed by atoms with Gasteiger partial charge in [0.25, 0.3) is 5.91 Å². The second-order valence-electron chi connectivity index (χ2n) is 7.16. The lowest BCUT2D eigenvalue weighted by Gasteiger charge is -2.26. The van der Waals surface area contributed by atoms with Gasteiger partial charge in [0.05, 0.1) is 22.3 Å². The second kappa shape index (κ2) is 9.27. The van der Waals surface area contributed by atoms with Crippen molar-refractivity contribution < 1.29 is 9.53 Å². The Hall–Kier alpha value is -1.60. The van der Waals surface area contributed by atoms with E-state index in [0.717, 1.165) is 5.56 Å². The zero-order valence-electron chi connectivity index (χ0n) is 16.4. The molecule has 1 amide bonds. The van der Waals surface area contributed by atoms with Crippen LogP contribution in [0.4, 0.5) is 0 Å². The zero-order chi connectivity index (χ0) is 20.3. The fourth-order valence-corrected chi connectivity index (χ4v) is 5.46. The third-order valence-corrected chi connectivity index (χ3v) is 6.48. The summed E-state index contributed by atoms with van der Waals surface area (Å²) < 4.78 is 9.11. The number of halogens is 2. The fraction of sp³-hybridized carbons (Fsp3) is 0.429. The number of hydrazone groups is 1. The van der Waals surface area contributed by atoms with Crippen molar-refractivity contribution in [1.82, 2.24) is 9.99 Å². The van der Waals surface area contributed by atoms with Crippen molar-refractivity contribution in [3.63, 3.8) is 0 Å². The molecule has 1 aromatic carbocycles. The number of methoxy groups -OCH3 is 1. The van der Waals surface area contributed by atoms with Crippen molar-refractivity contribution in [3.05, 3.63) is 49.7 Å². The van der Waals surface area contributed by atoms with E-state index in [1.807, 2.05) is 0 Å². The van der Waals surface area contributed by atoms with Gasteiger partial charge in [-0.15, -0.1) is 0 Å². The van der Waals surface area contributed by atoms with Crippen molar-refractivity contribution in [3.8, 4) is 5.75 Å². The first-order valence-electron chi connectivity index (χ1n) is 9.47. The van der Waals surface area contributed by atoms with Gasteiger partial charge >= 0.3 is 0 Å². The molecule has 1 aliphatic rings. The van der Waals surface area contributed by atoms with E-state index < -0.39 is 0 Å². The highest BCUT2D eigenvalue weighted by Gasteiger charge is 2.19. The molecule has 0 spiro atoms. The Morgan fingerprint density at radius 2 is 1.82 bits per heavy atom. The van der Waals surface area contributed by atoms with Crippen molar-refractivity contribution >= 4 is 44.0 Å². The van der Waals surface area contributed by atoms with Crippen LogP contribution in [0, 0.1) is 13.8 Å². The first-order valence-corrected chi connectivity index (χ1v) is 11.1. The monoisotopic (exact) mass is 509 g/mol. The molecule has 1 heterocycles. The Labute approximate surface area is 182 Å². The van der Waals surface area contributed by atoms with Crippen molar-refractivity contribution in [2.45, 2.75) is 52.0 Å². The quantitative estimate of drug-likeness (QED) is 0.401. The molecule has 0 unspecified atom stereocenters. The highest BCUT2D eigenvalue weighted by atomic mass is 79.9. The molecule has 150 valence electrons. The van der Waals surface area contributed by atoms with Gasteiger partial charge in [0.15, 0.2) is 0 Å². The minimum atomic E-state index is -0.276. The molecular formula is C21H25Br2N3O2. The maximum Gasteiger partial charge on any atom is 0.271 e. The average molecular weight is 511 g/mol. The number of ether oxygens (including phenoxy) is 1. The van der Waals surface area contributed by atoms with E-state index in [4.69, 9.17) is 4.74 Å². The van der Waals surface area contributed by atoms with Crippen LogP contribution >= 0.6 is 31.9 Å². The number of amides is 1. The molecule has 0 aliphatic heterocycles. The molecule has 5 nitrogen and oxygen atoms in total. The van der Waals surface area contributed by atoms with Crippen molar-refractivity contribution in [2.75, 3.05) is 7.11 Å². The molecular weight excluding hydrogens is 486 g/mol. The van der Waals surface area contributed by atoms with Gasteiger partial charge in [-0.25, -0.2) is 5.43 Å². The van der Waals surface area contributed by atoms with Crippen LogP contribution < -0.4 is 10.2 Å². The Morgan fingerprint density at radius 3 is 2.43 bits per heavy atom. The molecule has 7 heteroatoms. The van der Waals surface area contributed by atoms with Gasteiger partial charge in [-0.05, 0) is 76.7 Å². The molecule has 0 bridgehead atoms. The van der Waals surface area contributed by atoms with Gasteiger partial charge in [-0.1, -0.05) is 19.3 Å². The lowest BCUT2D eigenvalue weighted by atomic mass is 9.95. The lowest BCUT2D eigenvalue weighted by molar-refractivity contribution is 0.0955. The molecule has 1 fully saturated rings. The SMILES string of the molecule is COc1c(Br)cc(C(=O)N/N=C/c2cc(C)n(C3CCCCC3)c2C)cc1Br. The van der Waals surface area contributed by atoms with Crippen LogP contribution in [0.3, 0.4) is 0 Å². The molecule has 2 aromatic rings. The van der Waals surface area contributed by atoms with Crippen LogP contribution in [0.1, 0.15) is 65.5 Å². The molecule has 0 saturated heterocycles. The van der Waals surface area contributed by atoms with Crippen molar-refractivity contribution in [2.24, 2.45) is 5.10 Å². The van der Waals surface area contributed by atoms with E-state index in [1.165, 1.54) is 43.5 Å². The van der Waals surface area contributed by atoms with Crippen LogP contribution in [-0.2, 0) is 0 Å². The van der Waals surface area contributed by atoms with Crippen molar-refractivity contribution in [1.29, 1.82) is 0 Å². The standard InChI is InChI=1S/C21H25Br2N3O2/c1-13-9-16(14(2)26(13)17-7-5-4-6-8-17)12-24-25-21(27)15-10-18(22)20(28-3)19(23)11-15/h9-12,17H,4-8H2,1-3H3,(H,25,27)/b24-12+. The van der Waals surface area contributed by atoms with Gasteiger partial charge < -0.3 is 9.30 Å². The number of hydrogen-bond acceptors (Lipinski definition) is 3. The summed E-state index contributed by atoms with van der Waals surface area (Å²) in [6.07, 6.45) is 8.15. The Kier molecular flexibility index (Phi) is 6.99. The molecule has 0 radical (unpaired) electrons. The topological polar surface area (TPSA) is 55.6 Å². The van der Waals surface area contributed by atoms with E-state index in [0.29, 0.717) is 26.3 Å². The molecule has 0 atom stereocenters. The van der Waals surface area contributed by atoms with Crippen LogP contribution in [0.2, 0.25) is 0 Å². The van der Waals surface area contributed by atoms with Crippen LogP contribution in [0.15, 0.2) is 32.2 Å². The van der Waals surface area contributed by atoms with Gasteiger partial charge in [-0.2, -0.15) is 5.10 Å². The fourth-order valence-electron chi connectivity index (χ4n) is 3.95. The van der Waals surface area contributed by atoms with E-state index in [1.54, 1.807) is 25.5 Å². The van der Waals surface area contributed by atoms with Crippen LogP contribution in [-0.4, -0.2) is 23.8 Å². The van der Waals surface area contributed by atoms with E-state index in [-0.39, 0.29) is 5.91 Å². The number of hydrogen-bond donors (Lipinski definition) is 1. The summed E-state index contributed by atoms with van der Waals surface area (Å²) >= 11 is 6.83. The summed E-state index contributed by atoms with van der Waals surface area (Å²) in [6.45, 7) is 4.27. The maximum absolute atomic E-state index is 12.4. The molecule has 1 N–H and O–H groups in total. The molecule has 3 rings (SSSR count). The third-order valence-electron chi connectivity index (χ3n) is 5.30. The number of rotatable bonds is 5. The first kappa shape index (κ1) is 21.1. The summed E-state index contributed by atoms with van der Waals surface area (Å²) in [7, 11) is 1.58. The number of nitrogens with zero attached hydrogens (tertiary/aromatic N) is 2. The summed E-state index contributed by atoms with van der Waals surface area (Å²) in [4.78, 5) is 12.4. The number of aromatic nitrogens is 1. The third kappa shape index (κ3) is 4.51. The highest BCUT2D eigenvalue weighted by Crippen LogP contribution is 2.34. The number of carbonyl (C=O) groups is 1. The maximum atomic E-state index is 12.4. The second-order valence-corrected chi connectivity index (χ2v) is 8.87. The molecule has 1 saturated carbocycles. The largest absolute Gasteiger partial charge is 0.494 e. The normalized spacial score (nSPS) is 15.2. The number of nitrogens with one attached hydrogen (secondary N) is 1. The highest BCUT2D eigenvalue weighted by molar-refractivity contribution is 9.11. The molecule has 28 heavy (non-hydrogen) atoms. The van der Waals surface area contributed by atoms with Gasteiger partial charge in [-0.3, -0.25) is 4.79 Å². The molecule has 1 aliphatic carbocycles. The summed E-state index contributed by atoms with van der Waals surface area (Å²) in [5, 5.41) is 4.18. The van der Waals surface area contributed by atoms with E-state index in [9.17, 15) is 4.79 Å². The Morgan fingerprint density at radius 1 is 1.18 bits per heavy atom. The summed E-state index contributed by atoms with van der Waals surface area (Å²) in [5.74, 6) is 0.372.